The number of hydrogen-bond donors (Lipinski definition) is 2. The number of carbonyl (C=O) groups excluding carboxylic acids is 1. The van der Waals surface area contributed by atoms with Crippen molar-refractivity contribution in [1.29, 1.82) is 0 Å². The Bertz CT molecular complexity index is 428. The summed E-state index contributed by atoms with van der Waals surface area (Å²) in [4.78, 5) is 11.1. The van der Waals surface area contributed by atoms with Gasteiger partial charge in [0.1, 0.15) is 18.5 Å². The second-order valence-corrected chi connectivity index (χ2v) is 4.35. The van der Waals surface area contributed by atoms with Gasteiger partial charge in [-0.2, -0.15) is 0 Å². The molecule has 1 amide bonds. The third-order valence-corrected chi connectivity index (χ3v) is 2.90. The van der Waals surface area contributed by atoms with Gasteiger partial charge < -0.3 is 20.5 Å². The third kappa shape index (κ3) is 3.21. The number of carbonyl (C=O) groups is 1. The zero-order valence-corrected chi connectivity index (χ0v) is 10.4. The van der Waals surface area contributed by atoms with Gasteiger partial charge in [0, 0.05) is 18.7 Å². The van der Waals surface area contributed by atoms with Crippen LogP contribution in [0.2, 0.25) is 0 Å². The zero-order chi connectivity index (χ0) is 13.0. The van der Waals surface area contributed by atoms with Crippen LogP contribution < -0.4 is 15.8 Å². The Labute approximate surface area is 106 Å². The first kappa shape index (κ1) is 12.9. The molecule has 5 nitrogen and oxygen atoms in total. The summed E-state index contributed by atoms with van der Waals surface area (Å²) in [5.74, 6) is 0.311. The summed E-state index contributed by atoms with van der Waals surface area (Å²) in [5.41, 5.74) is 6.60. The van der Waals surface area contributed by atoms with Crippen LogP contribution in [-0.2, 0) is 4.74 Å². The first-order valence-corrected chi connectivity index (χ1v) is 6.02. The van der Waals surface area contributed by atoms with Crippen molar-refractivity contribution in [2.75, 3.05) is 26.3 Å². The molecule has 3 N–H and O–H groups in total. The number of morpholine rings is 1. The average molecular weight is 250 g/mol. The number of nitrogens with two attached hydrogens (primary N) is 1. The largest absolute Gasteiger partial charge is 0.491 e. The second kappa shape index (κ2) is 5.84. The summed E-state index contributed by atoms with van der Waals surface area (Å²) in [7, 11) is 0. The summed E-state index contributed by atoms with van der Waals surface area (Å²) >= 11 is 0. The molecule has 0 bridgehead atoms. The van der Waals surface area contributed by atoms with Crippen molar-refractivity contribution in [1.82, 2.24) is 5.32 Å². The van der Waals surface area contributed by atoms with E-state index in [4.69, 9.17) is 15.2 Å². The molecule has 1 aliphatic rings. The van der Waals surface area contributed by atoms with Crippen LogP contribution in [0.25, 0.3) is 0 Å². The Hall–Kier alpha value is -1.59. The predicted octanol–water partition coefficient (Wildman–Crippen LogP) is 0.461. The molecule has 2 rings (SSSR count). The van der Waals surface area contributed by atoms with Crippen LogP contribution in [0.3, 0.4) is 0 Å². The van der Waals surface area contributed by atoms with Gasteiger partial charge in [-0.15, -0.1) is 0 Å². The van der Waals surface area contributed by atoms with Gasteiger partial charge in [0.2, 0.25) is 5.91 Å². The number of hydrogen-bond acceptors (Lipinski definition) is 4. The minimum absolute atomic E-state index is 0.0786. The normalized spacial score (nSPS) is 19.5. The molecule has 1 atom stereocenters. The monoisotopic (exact) mass is 250 g/mol. The van der Waals surface area contributed by atoms with E-state index >= 15 is 0 Å². The molecule has 18 heavy (non-hydrogen) atoms. The fourth-order valence-electron chi connectivity index (χ4n) is 1.92. The summed E-state index contributed by atoms with van der Waals surface area (Å²) in [6.07, 6.45) is 0.0786. The van der Waals surface area contributed by atoms with Crippen LogP contribution in [-0.4, -0.2) is 38.3 Å². The van der Waals surface area contributed by atoms with E-state index in [-0.39, 0.29) is 6.10 Å². The number of benzene rings is 1. The highest BCUT2D eigenvalue weighted by molar-refractivity contribution is 5.94. The molecule has 0 spiro atoms. The van der Waals surface area contributed by atoms with Crippen LogP contribution in [0.4, 0.5) is 0 Å². The molecule has 1 saturated heterocycles. The highest BCUT2D eigenvalue weighted by atomic mass is 16.5. The first-order chi connectivity index (χ1) is 8.66. The number of rotatable bonds is 4. The highest BCUT2D eigenvalue weighted by Crippen LogP contribution is 2.17. The van der Waals surface area contributed by atoms with E-state index in [1.165, 1.54) is 0 Å². The first-order valence-electron chi connectivity index (χ1n) is 6.02. The van der Waals surface area contributed by atoms with Crippen LogP contribution in [0, 0.1) is 6.92 Å². The molecule has 0 aromatic heterocycles. The number of ether oxygens (including phenoxy) is 2. The second-order valence-electron chi connectivity index (χ2n) is 4.35. The van der Waals surface area contributed by atoms with Gasteiger partial charge in [0.15, 0.2) is 0 Å². The lowest BCUT2D eigenvalue weighted by molar-refractivity contribution is 0.000180. The fourth-order valence-corrected chi connectivity index (χ4v) is 1.92. The van der Waals surface area contributed by atoms with Crippen LogP contribution in [0.5, 0.6) is 5.75 Å². The van der Waals surface area contributed by atoms with E-state index in [1.807, 2.05) is 13.0 Å². The summed E-state index contributed by atoms with van der Waals surface area (Å²) in [6.45, 7) is 4.75. The van der Waals surface area contributed by atoms with Crippen LogP contribution in [0.15, 0.2) is 18.2 Å². The Morgan fingerprint density at radius 1 is 1.61 bits per heavy atom. The van der Waals surface area contributed by atoms with Gasteiger partial charge >= 0.3 is 0 Å². The van der Waals surface area contributed by atoms with Gasteiger partial charge in [-0.1, -0.05) is 0 Å². The molecule has 1 heterocycles. The molecule has 0 radical (unpaired) electrons. The zero-order valence-electron chi connectivity index (χ0n) is 10.4. The van der Waals surface area contributed by atoms with Crippen molar-refractivity contribution < 1.29 is 14.3 Å². The summed E-state index contributed by atoms with van der Waals surface area (Å²) in [6, 6.07) is 5.26. The Morgan fingerprint density at radius 2 is 2.44 bits per heavy atom. The lowest BCUT2D eigenvalue weighted by Gasteiger charge is -2.23. The Balaban J connectivity index is 1.93. The number of nitrogens with one attached hydrogen (secondary N) is 1. The smallest absolute Gasteiger partial charge is 0.248 e. The Kier molecular flexibility index (Phi) is 4.17. The molecule has 1 aromatic rings. The van der Waals surface area contributed by atoms with E-state index in [9.17, 15) is 4.79 Å². The van der Waals surface area contributed by atoms with Crippen molar-refractivity contribution in [2.24, 2.45) is 5.73 Å². The maximum atomic E-state index is 11.1. The fraction of sp³-hybridized carbons (Fsp3) is 0.462. The van der Waals surface area contributed by atoms with Crippen molar-refractivity contribution in [3.8, 4) is 5.75 Å². The lowest BCUT2D eigenvalue weighted by Crippen LogP contribution is -2.41. The van der Waals surface area contributed by atoms with Crippen LogP contribution in [0.1, 0.15) is 15.9 Å². The third-order valence-electron chi connectivity index (χ3n) is 2.90. The number of amides is 1. The van der Waals surface area contributed by atoms with Crippen molar-refractivity contribution in [2.45, 2.75) is 13.0 Å². The molecule has 1 aromatic carbocycles. The van der Waals surface area contributed by atoms with Gasteiger partial charge in [-0.3, -0.25) is 4.79 Å². The molecular formula is C13H18N2O3. The van der Waals surface area contributed by atoms with E-state index in [1.54, 1.807) is 12.1 Å². The van der Waals surface area contributed by atoms with Crippen molar-refractivity contribution in [3.05, 3.63) is 29.3 Å². The molecule has 0 aliphatic carbocycles. The Morgan fingerprint density at radius 3 is 3.06 bits per heavy atom. The number of aryl methyl sites for hydroxylation is 1. The number of primary amides is 1. The van der Waals surface area contributed by atoms with Gasteiger partial charge in [-0.05, 0) is 30.7 Å². The minimum atomic E-state index is -0.418. The van der Waals surface area contributed by atoms with Gasteiger partial charge in [0.05, 0.1) is 6.61 Å². The van der Waals surface area contributed by atoms with E-state index in [0.29, 0.717) is 18.8 Å². The maximum absolute atomic E-state index is 11.1. The molecule has 1 fully saturated rings. The van der Waals surface area contributed by atoms with E-state index < -0.39 is 5.91 Å². The van der Waals surface area contributed by atoms with Gasteiger partial charge in [0.25, 0.3) is 0 Å². The topological polar surface area (TPSA) is 73.6 Å². The predicted molar refractivity (Wildman–Crippen MR) is 67.8 cm³/mol. The minimum Gasteiger partial charge on any atom is -0.491 e. The van der Waals surface area contributed by atoms with E-state index in [0.717, 1.165) is 24.4 Å². The molecule has 5 heteroatoms. The quantitative estimate of drug-likeness (QED) is 0.814. The molecular weight excluding hydrogens is 232 g/mol. The lowest BCUT2D eigenvalue weighted by atomic mass is 10.1. The highest BCUT2D eigenvalue weighted by Gasteiger charge is 2.14. The molecule has 1 aliphatic heterocycles. The maximum Gasteiger partial charge on any atom is 0.248 e. The standard InChI is InChI=1S/C13H18N2O3/c1-9-6-10(2-3-12(9)13(14)16)18-8-11-7-15-4-5-17-11/h2-3,6,11,15H,4-5,7-8H2,1H3,(H2,14,16). The average Bonchev–Trinajstić information content (AvgIpc) is 2.37. The van der Waals surface area contributed by atoms with Crippen LogP contribution >= 0.6 is 0 Å². The van der Waals surface area contributed by atoms with E-state index in [2.05, 4.69) is 5.32 Å². The molecule has 1 unspecified atom stereocenters. The van der Waals surface area contributed by atoms with Gasteiger partial charge in [-0.25, -0.2) is 0 Å². The van der Waals surface area contributed by atoms with Crippen molar-refractivity contribution in [3.63, 3.8) is 0 Å². The summed E-state index contributed by atoms with van der Waals surface area (Å²) < 4.78 is 11.2. The molecule has 98 valence electrons. The van der Waals surface area contributed by atoms with Crippen molar-refractivity contribution >= 4 is 5.91 Å². The SMILES string of the molecule is Cc1cc(OCC2CNCCO2)ccc1C(N)=O. The molecule has 0 saturated carbocycles. The summed E-state index contributed by atoms with van der Waals surface area (Å²) in [5, 5.41) is 3.24.